The normalized spacial score (nSPS) is 11.9. The first-order chi connectivity index (χ1) is 12.3. The molecule has 0 aliphatic carbocycles. The summed E-state index contributed by atoms with van der Waals surface area (Å²) in [6.45, 7) is -0.0477. The van der Waals surface area contributed by atoms with Gasteiger partial charge in [0.15, 0.2) is 0 Å². The van der Waals surface area contributed by atoms with Gasteiger partial charge in [-0.3, -0.25) is 0 Å². The van der Waals surface area contributed by atoms with Crippen molar-refractivity contribution < 1.29 is 17.6 Å². The van der Waals surface area contributed by atoms with E-state index in [4.69, 9.17) is 23.2 Å². The van der Waals surface area contributed by atoms with Crippen LogP contribution in [0.2, 0.25) is 10.2 Å². The molecular formula is C15H11Cl2F4N5. The molecule has 11 heteroatoms. The van der Waals surface area contributed by atoms with Crippen LogP contribution in [-0.4, -0.2) is 32.3 Å². The maximum Gasteiger partial charge on any atom is 0.389 e. The van der Waals surface area contributed by atoms with E-state index in [1.54, 1.807) is 0 Å². The minimum absolute atomic E-state index is 0.0256. The van der Waals surface area contributed by atoms with Crippen LogP contribution < -0.4 is 5.32 Å². The highest BCUT2D eigenvalue weighted by atomic mass is 35.5. The largest absolute Gasteiger partial charge is 0.389 e. The number of aromatic nitrogens is 4. The summed E-state index contributed by atoms with van der Waals surface area (Å²) in [4.78, 5) is 7.93. The standard InChI is InChI=1S/C15H11Cl2F4N5/c16-8-3-1-4-9(18)10(8)11-12(17)25-14-23-7-24-26(14)13(11)22-6-2-5-15(19,20)21/h1,3-4,7,22H,2,5-6H2. The molecule has 3 rings (SSSR count). The SMILES string of the molecule is Fc1cccc(Cl)c1-c1c(Cl)nc2ncnn2c1NCCCC(F)(F)F. The van der Waals surface area contributed by atoms with Crippen LogP contribution in [-0.2, 0) is 0 Å². The molecule has 0 atom stereocenters. The molecular weight excluding hydrogens is 397 g/mol. The first kappa shape index (κ1) is 18.7. The molecule has 5 nitrogen and oxygen atoms in total. The molecule has 0 bridgehead atoms. The molecule has 1 aromatic carbocycles. The average molecular weight is 408 g/mol. The zero-order valence-corrected chi connectivity index (χ0v) is 14.5. The molecule has 0 spiro atoms. The van der Waals surface area contributed by atoms with Gasteiger partial charge in [-0.05, 0) is 18.6 Å². The van der Waals surface area contributed by atoms with Crippen molar-refractivity contribution in [2.45, 2.75) is 19.0 Å². The van der Waals surface area contributed by atoms with E-state index in [-0.39, 0.29) is 45.9 Å². The summed E-state index contributed by atoms with van der Waals surface area (Å²) in [5.74, 6) is -0.379. The van der Waals surface area contributed by atoms with Crippen LogP contribution in [0.15, 0.2) is 24.5 Å². The monoisotopic (exact) mass is 407 g/mol. The maximum atomic E-state index is 14.4. The van der Waals surface area contributed by atoms with E-state index in [2.05, 4.69) is 20.4 Å². The van der Waals surface area contributed by atoms with E-state index in [0.29, 0.717) is 0 Å². The van der Waals surface area contributed by atoms with Gasteiger partial charge in [-0.15, -0.1) is 0 Å². The third-order valence-electron chi connectivity index (χ3n) is 3.53. The summed E-state index contributed by atoms with van der Waals surface area (Å²) < 4.78 is 52.6. The Morgan fingerprint density at radius 3 is 2.62 bits per heavy atom. The Morgan fingerprint density at radius 2 is 1.92 bits per heavy atom. The molecule has 0 saturated heterocycles. The van der Waals surface area contributed by atoms with Crippen LogP contribution in [0.5, 0.6) is 0 Å². The molecule has 0 unspecified atom stereocenters. The predicted octanol–water partition coefficient (Wildman–Crippen LogP) is 4.99. The molecule has 26 heavy (non-hydrogen) atoms. The minimum atomic E-state index is -4.27. The average Bonchev–Trinajstić information content (AvgIpc) is 2.99. The quantitative estimate of drug-likeness (QED) is 0.367. The van der Waals surface area contributed by atoms with Crippen molar-refractivity contribution in [1.29, 1.82) is 0 Å². The molecule has 2 aromatic heterocycles. The number of alkyl halides is 3. The second kappa shape index (κ2) is 7.24. The van der Waals surface area contributed by atoms with E-state index >= 15 is 0 Å². The summed E-state index contributed by atoms with van der Waals surface area (Å²) in [6.07, 6.45) is -4.22. The van der Waals surface area contributed by atoms with Gasteiger partial charge in [0.1, 0.15) is 23.1 Å². The molecule has 0 aliphatic rings. The van der Waals surface area contributed by atoms with E-state index in [1.807, 2.05) is 0 Å². The Morgan fingerprint density at radius 1 is 1.15 bits per heavy atom. The van der Waals surface area contributed by atoms with Gasteiger partial charge in [0.25, 0.3) is 5.78 Å². The highest BCUT2D eigenvalue weighted by Crippen LogP contribution is 2.39. The van der Waals surface area contributed by atoms with Crippen molar-refractivity contribution in [2.24, 2.45) is 0 Å². The molecule has 3 aromatic rings. The minimum Gasteiger partial charge on any atom is -0.369 e. The lowest BCUT2D eigenvalue weighted by molar-refractivity contribution is -0.134. The van der Waals surface area contributed by atoms with Gasteiger partial charge in [-0.25, -0.2) is 4.39 Å². The predicted molar refractivity (Wildman–Crippen MR) is 90.0 cm³/mol. The van der Waals surface area contributed by atoms with Gasteiger partial charge in [-0.2, -0.15) is 32.8 Å². The molecule has 0 saturated carbocycles. The van der Waals surface area contributed by atoms with Crippen molar-refractivity contribution in [3.05, 3.63) is 40.5 Å². The van der Waals surface area contributed by atoms with Gasteiger partial charge in [0.05, 0.1) is 10.6 Å². The lowest BCUT2D eigenvalue weighted by Gasteiger charge is -2.16. The van der Waals surface area contributed by atoms with Crippen molar-refractivity contribution >= 4 is 34.8 Å². The Hall–Kier alpha value is -2.13. The van der Waals surface area contributed by atoms with Crippen molar-refractivity contribution in [3.63, 3.8) is 0 Å². The molecule has 1 N–H and O–H groups in total. The van der Waals surface area contributed by atoms with Crippen molar-refractivity contribution in [2.75, 3.05) is 11.9 Å². The number of hydrogen-bond donors (Lipinski definition) is 1. The summed E-state index contributed by atoms with van der Waals surface area (Å²) in [5.41, 5.74) is 0.0714. The van der Waals surface area contributed by atoms with Gasteiger partial charge < -0.3 is 5.32 Å². The lowest BCUT2D eigenvalue weighted by Crippen LogP contribution is -2.14. The van der Waals surface area contributed by atoms with Gasteiger partial charge in [0.2, 0.25) is 0 Å². The van der Waals surface area contributed by atoms with Gasteiger partial charge >= 0.3 is 6.18 Å². The van der Waals surface area contributed by atoms with E-state index in [1.165, 1.54) is 29.0 Å². The smallest absolute Gasteiger partial charge is 0.369 e. The number of halogens is 6. The van der Waals surface area contributed by atoms with Crippen LogP contribution in [0.4, 0.5) is 23.4 Å². The lowest BCUT2D eigenvalue weighted by atomic mass is 10.1. The number of nitrogens with zero attached hydrogens (tertiary/aromatic N) is 4. The summed E-state index contributed by atoms with van der Waals surface area (Å²) in [5, 5.41) is 6.76. The fourth-order valence-electron chi connectivity index (χ4n) is 2.43. The number of anilines is 1. The van der Waals surface area contributed by atoms with Crippen LogP contribution in [0, 0.1) is 5.82 Å². The second-order valence-corrected chi connectivity index (χ2v) is 6.11. The zero-order chi connectivity index (χ0) is 18.9. The summed E-state index contributed by atoms with van der Waals surface area (Å²) in [6, 6.07) is 4.08. The van der Waals surface area contributed by atoms with Crippen molar-refractivity contribution in [3.8, 4) is 11.1 Å². The van der Waals surface area contributed by atoms with Gasteiger partial charge in [0, 0.05) is 18.5 Å². The fourth-order valence-corrected chi connectivity index (χ4v) is 2.95. The molecule has 2 heterocycles. The highest BCUT2D eigenvalue weighted by Gasteiger charge is 2.26. The topological polar surface area (TPSA) is 55.1 Å². The Labute approximate surface area is 155 Å². The number of nitrogens with one attached hydrogen (secondary N) is 1. The third-order valence-corrected chi connectivity index (χ3v) is 4.11. The Balaban J connectivity index is 2.06. The molecule has 0 fully saturated rings. The highest BCUT2D eigenvalue weighted by molar-refractivity contribution is 6.36. The number of rotatable bonds is 5. The molecule has 138 valence electrons. The number of benzene rings is 1. The Kier molecular flexibility index (Phi) is 5.19. The number of fused-ring (bicyclic) bond motifs is 1. The fraction of sp³-hybridized carbons (Fsp3) is 0.267. The number of hydrogen-bond acceptors (Lipinski definition) is 4. The van der Waals surface area contributed by atoms with Crippen molar-refractivity contribution in [1.82, 2.24) is 19.6 Å². The molecule has 0 radical (unpaired) electrons. The summed E-state index contributed by atoms with van der Waals surface area (Å²) in [7, 11) is 0. The van der Waals surface area contributed by atoms with E-state index in [9.17, 15) is 17.6 Å². The first-order valence-corrected chi connectivity index (χ1v) is 8.18. The van der Waals surface area contributed by atoms with Crippen LogP contribution in [0.25, 0.3) is 16.9 Å². The Bertz CT molecular complexity index is 921. The first-order valence-electron chi connectivity index (χ1n) is 7.42. The van der Waals surface area contributed by atoms with E-state index in [0.717, 1.165) is 0 Å². The van der Waals surface area contributed by atoms with Crippen LogP contribution in [0.3, 0.4) is 0 Å². The van der Waals surface area contributed by atoms with Crippen LogP contribution in [0.1, 0.15) is 12.8 Å². The second-order valence-electron chi connectivity index (χ2n) is 5.34. The summed E-state index contributed by atoms with van der Waals surface area (Å²) >= 11 is 12.3. The van der Waals surface area contributed by atoms with Gasteiger partial charge in [-0.1, -0.05) is 29.3 Å². The zero-order valence-electron chi connectivity index (χ0n) is 13.0. The molecule has 0 aliphatic heterocycles. The third kappa shape index (κ3) is 3.83. The maximum absolute atomic E-state index is 14.4. The van der Waals surface area contributed by atoms with E-state index < -0.39 is 18.4 Å². The van der Waals surface area contributed by atoms with Crippen LogP contribution >= 0.6 is 23.2 Å². The molecule has 0 amide bonds.